The van der Waals surface area contributed by atoms with Crippen molar-refractivity contribution in [2.45, 2.75) is 18.7 Å². The zero-order valence-corrected chi connectivity index (χ0v) is 18.1. The van der Waals surface area contributed by atoms with Crippen molar-refractivity contribution in [3.8, 4) is 5.95 Å². The van der Waals surface area contributed by atoms with Crippen molar-refractivity contribution in [3.63, 3.8) is 0 Å². The third-order valence-corrected chi connectivity index (χ3v) is 6.57. The summed E-state index contributed by atoms with van der Waals surface area (Å²) in [6.07, 6.45) is 1.65. The summed E-state index contributed by atoms with van der Waals surface area (Å²) in [5.74, 6) is -1.11. The van der Waals surface area contributed by atoms with Crippen LogP contribution in [0.5, 0.6) is 5.95 Å². The first-order chi connectivity index (χ1) is 14.6. The van der Waals surface area contributed by atoms with Gasteiger partial charge in [-0.1, -0.05) is 0 Å². The summed E-state index contributed by atoms with van der Waals surface area (Å²) in [5, 5.41) is 13.6. The lowest BCUT2D eigenvalue weighted by Gasteiger charge is -2.21. The second-order valence-electron chi connectivity index (χ2n) is 6.40. The Morgan fingerprint density at radius 3 is 2.70 bits per heavy atom. The highest BCUT2D eigenvalue weighted by atomic mass is 32.2. The second-order valence-corrected chi connectivity index (χ2v) is 8.48. The molecule has 3 N–H and O–H groups in total. The van der Waals surface area contributed by atoms with Gasteiger partial charge in [0.1, 0.15) is 17.0 Å². The minimum Gasteiger partial charge on any atom is -0.479 e. The number of hydrogen-bond donors (Lipinski definition) is 3. The molecule has 1 aromatic carbocycles. The highest BCUT2D eigenvalue weighted by Gasteiger charge is 2.14. The normalized spacial score (nSPS) is 14.7. The number of rotatable bonds is 7. The quantitative estimate of drug-likeness (QED) is 0.518. The smallest absolute Gasteiger partial charge is 0.419 e. The molecule has 0 aliphatic carbocycles. The number of amidine groups is 1. The van der Waals surface area contributed by atoms with Crippen molar-refractivity contribution >= 4 is 45.7 Å². The molecule has 0 radical (unpaired) electrons. The monoisotopic (exact) mass is 443 g/mol. The third-order valence-electron chi connectivity index (χ3n) is 4.53. The average Bonchev–Trinajstić information content (AvgIpc) is 3.37. The number of anilines is 2. The minimum absolute atomic E-state index is 0.245. The SMILES string of the molecule is CCN(CC)c1ccc(NCN=C2N=c3sc(=Cc4[nH]c(=O)oc4O)cc3S2)cc1. The van der Waals surface area contributed by atoms with Crippen molar-refractivity contribution in [1.29, 1.82) is 0 Å². The summed E-state index contributed by atoms with van der Waals surface area (Å²) < 4.78 is 6.27. The van der Waals surface area contributed by atoms with Crippen molar-refractivity contribution in [1.82, 2.24) is 4.98 Å². The number of oxazole rings is 1. The number of nitrogens with one attached hydrogen (secondary N) is 2. The Morgan fingerprint density at radius 1 is 1.30 bits per heavy atom. The molecule has 30 heavy (non-hydrogen) atoms. The molecule has 0 saturated heterocycles. The molecule has 2 aromatic heterocycles. The maximum atomic E-state index is 11.1. The zero-order valence-electron chi connectivity index (χ0n) is 16.5. The Labute approximate surface area is 180 Å². The predicted molar refractivity (Wildman–Crippen MR) is 121 cm³/mol. The molecule has 1 aliphatic heterocycles. The lowest BCUT2D eigenvalue weighted by molar-refractivity contribution is 0.319. The molecule has 0 unspecified atom stereocenters. The molecule has 0 fully saturated rings. The number of hydrogen-bond acceptors (Lipinski definition) is 8. The Bertz CT molecular complexity index is 1240. The first kappa shape index (κ1) is 20.3. The van der Waals surface area contributed by atoms with E-state index in [9.17, 15) is 9.90 Å². The van der Waals surface area contributed by atoms with E-state index in [2.05, 4.69) is 67.7 Å². The topological polar surface area (TPSA) is 106 Å². The lowest BCUT2D eigenvalue weighted by Crippen LogP contribution is -2.21. The third kappa shape index (κ3) is 4.44. The lowest BCUT2D eigenvalue weighted by atomic mass is 10.2. The fourth-order valence-corrected chi connectivity index (χ4v) is 5.06. The molecule has 0 spiro atoms. The summed E-state index contributed by atoms with van der Waals surface area (Å²) >= 11 is 2.95. The number of thiophene rings is 1. The van der Waals surface area contributed by atoms with Crippen molar-refractivity contribution < 1.29 is 9.52 Å². The van der Waals surface area contributed by atoms with Gasteiger partial charge in [-0.3, -0.25) is 4.98 Å². The molecule has 0 atom stereocenters. The molecule has 0 amide bonds. The van der Waals surface area contributed by atoms with Gasteiger partial charge >= 0.3 is 11.7 Å². The number of nitrogens with zero attached hydrogens (tertiary/aromatic N) is 3. The van der Waals surface area contributed by atoms with Crippen LogP contribution in [0.3, 0.4) is 0 Å². The first-order valence-corrected chi connectivity index (χ1v) is 11.1. The van der Waals surface area contributed by atoms with E-state index in [-0.39, 0.29) is 5.69 Å². The molecular weight excluding hydrogens is 422 g/mol. The number of aromatic nitrogens is 1. The van der Waals surface area contributed by atoms with Crippen LogP contribution in [0.25, 0.3) is 6.08 Å². The van der Waals surface area contributed by atoms with Crippen molar-refractivity contribution in [2.24, 2.45) is 9.98 Å². The van der Waals surface area contributed by atoms with E-state index in [4.69, 9.17) is 0 Å². The fourth-order valence-electron chi connectivity index (χ4n) is 3.03. The van der Waals surface area contributed by atoms with Gasteiger partial charge in [-0.15, -0.1) is 11.3 Å². The maximum Gasteiger partial charge on any atom is 0.419 e. The van der Waals surface area contributed by atoms with Gasteiger partial charge in [0.15, 0.2) is 5.17 Å². The number of fused-ring (bicyclic) bond motifs is 1. The highest BCUT2D eigenvalue weighted by molar-refractivity contribution is 8.14. The summed E-state index contributed by atoms with van der Waals surface area (Å²) in [5.41, 5.74) is 2.47. The van der Waals surface area contributed by atoms with Crippen LogP contribution in [0.15, 0.2) is 54.4 Å². The Morgan fingerprint density at radius 2 is 2.07 bits per heavy atom. The second kappa shape index (κ2) is 8.80. The Hall–Kier alpha value is -2.98. The van der Waals surface area contributed by atoms with Crippen LogP contribution in [-0.2, 0) is 0 Å². The molecule has 0 saturated carbocycles. The van der Waals surface area contributed by atoms with Crippen LogP contribution < -0.4 is 25.2 Å². The molecule has 4 rings (SSSR count). The molecule has 0 bridgehead atoms. The van der Waals surface area contributed by atoms with Gasteiger partial charge in [0.05, 0.1) is 4.90 Å². The van der Waals surface area contributed by atoms with Gasteiger partial charge in [0.2, 0.25) is 0 Å². The summed E-state index contributed by atoms with van der Waals surface area (Å²) in [4.78, 5) is 25.9. The van der Waals surface area contributed by atoms with E-state index in [0.29, 0.717) is 11.8 Å². The molecule has 3 aromatic rings. The van der Waals surface area contributed by atoms with Crippen LogP contribution in [0.1, 0.15) is 19.5 Å². The Balaban J connectivity index is 1.40. The van der Waals surface area contributed by atoms with Gasteiger partial charge < -0.3 is 19.7 Å². The first-order valence-electron chi connectivity index (χ1n) is 9.49. The van der Waals surface area contributed by atoms with E-state index in [1.54, 1.807) is 6.08 Å². The minimum atomic E-state index is -0.688. The fraction of sp³-hybridized carbons (Fsp3) is 0.250. The molecule has 8 nitrogen and oxygen atoms in total. The Kier molecular flexibility index (Phi) is 5.96. The number of aromatic hydroxyl groups is 1. The van der Waals surface area contributed by atoms with E-state index >= 15 is 0 Å². The average molecular weight is 444 g/mol. The van der Waals surface area contributed by atoms with Crippen LogP contribution in [0.2, 0.25) is 0 Å². The number of thioether (sulfide) groups is 1. The van der Waals surface area contributed by atoms with Crippen LogP contribution in [-0.4, -0.2) is 35.0 Å². The van der Waals surface area contributed by atoms with E-state index in [0.717, 1.165) is 32.9 Å². The van der Waals surface area contributed by atoms with Crippen LogP contribution in [0.4, 0.5) is 11.4 Å². The largest absolute Gasteiger partial charge is 0.479 e. The van der Waals surface area contributed by atoms with Crippen molar-refractivity contribution in [3.05, 3.63) is 55.8 Å². The predicted octanol–water partition coefficient (Wildman–Crippen LogP) is 2.56. The molecule has 156 valence electrons. The van der Waals surface area contributed by atoms with Gasteiger partial charge in [-0.2, -0.15) is 0 Å². The van der Waals surface area contributed by atoms with Gasteiger partial charge in [0.25, 0.3) is 0 Å². The van der Waals surface area contributed by atoms with Crippen molar-refractivity contribution in [2.75, 3.05) is 30.0 Å². The number of H-pyrrole nitrogens is 1. The van der Waals surface area contributed by atoms with E-state index in [1.807, 2.05) is 6.07 Å². The number of aromatic amines is 1. The summed E-state index contributed by atoms with van der Waals surface area (Å²) in [7, 11) is 0. The van der Waals surface area contributed by atoms with Gasteiger partial charge in [0, 0.05) is 29.0 Å². The van der Waals surface area contributed by atoms with E-state index < -0.39 is 11.7 Å². The zero-order chi connectivity index (χ0) is 21.1. The molecule has 10 heteroatoms. The maximum absolute atomic E-state index is 11.1. The molecular formula is C20H21N5O3S2. The van der Waals surface area contributed by atoms with Crippen LogP contribution in [0, 0.1) is 0 Å². The van der Waals surface area contributed by atoms with Crippen LogP contribution >= 0.6 is 23.1 Å². The van der Waals surface area contributed by atoms with E-state index in [1.165, 1.54) is 28.8 Å². The van der Waals surface area contributed by atoms with Gasteiger partial charge in [-0.05, 0) is 62.0 Å². The summed E-state index contributed by atoms with van der Waals surface area (Å²) in [6.45, 7) is 6.71. The summed E-state index contributed by atoms with van der Waals surface area (Å²) in [6, 6.07) is 10.3. The van der Waals surface area contributed by atoms with Gasteiger partial charge in [-0.25, -0.2) is 14.8 Å². The number of benzene rings is 1. The standard InChI is InChI=1S/C20H21N5O3S2/c1-3-25(4-2)13-7-5-12(6-8-13)21-11-22-19-24-17-16(30-19)10-14(29-17)9-15-18(26)28-20(27)23-15/h5-10,21,26H,3-4,11H2,1-2H3,(H,23,27). The number of aliphatic imine (C=N–C) groups is 1. The highest BCUT2D eigenvalue weighted by Crippen LogP contribution is 2.22. The molecule has 3 heterocycles. The molecule has 1 aliphatic rings.